The summed E-state index contributed by atoms with van der Waals surface area (Å²) in [5.74, 6) is -2.93. The molecular formula is C25H23F2N3O. The summed E-state index contributed by atoms with van der Waals surface area (Å²) in [4.78, 5) is 9.21. The Kier molecular flexibility index (Phi) is 4.94. The van der Waals surface area contributed by atoms with Crippen molar-refractivity contribution in [2.45, 2.75) is 6.42 Å². The average molecular weight is 419 g/mol. The Morgan fingerprint density at radius 1 is 0.935 bits per heavy atom. The van der Waals surface area contributed by atoms with Crippen molar-refractivity contribution in [2.24, 2.45) is 0 Å². The molecule has 158 valence electrons. The van der Waals surface area contributed by atoms with E-state index < -0.39 is 17.4 Å². The minimum atomic E-state index is -0.984. The molecule has 1 aliphatic carbocycles. The smallest absolute Gasteiger partial charge is 0.187 e. The number of likely N-dealkylation sites (N-methyl/N-ethyl adjacent to an activating group) is 1. The van der Waals surface area contributed by atoms with Gasteiger partial charge in [-0.25, -0.2) is 8.78 Å². The lowest BCUT2D eigenvalue weighted by atomic mass is 9.91. The van der Waals surface area contributed by atoms with Crippen LogP contribution in [0.25, 0.3) is 28.3 Å². The molecular weight excluding hydrogens is 396 g/mol. The Morgan fingerprint density at radius 3 is 2.29 bits per heavy atom. The molecule has 4 nitrogen and oxygen atoms in total. The van der Waals surface area contributed by atoms with Crippen molar-refractivity contribution in [1.82, 2.24) is 9.88 Å². The van der Waals surface area contributed by atoms with Crippen LogP contribution in [0, 0.1) is 11.6 Å². The zero-order chi connectivity index (χ0) is 21.5. The van der Waals surface area contributed by atoms with E-state index in [9.17, 15) is 13.9 Å². The average Bonchev–Trinajstić information content (AvgIpc) is 3.26. The molecule has 1 saturated heterocycles. The summed E-state index contributed by atoms with van der Waals surface area (Å²) in [6, 6.07) is 10.6. The molecule has 1 aromatic heterocycles. The molecule has 6 heteroatoms. The van der Waals surface area contributed by atoms with Gasteiger partial charge in [-0.2, -0.15) is 0 Å². The number of fused-ring (bicyclic) bond motifs is 1. The predicted octanol–water partition coefficient (Wildman–Crippen LogP) is 4.72. The summed E-state index contributed by atoms with van der Waals surface area (Å²) < 4.78 is 28.2. The molecule has 31 heavy (non-hydrogen) atoms. The molecule has 0 saturated carbocycles. The lowest BCUT2D eigenvalue weighted by molar-refractivity contribution is 0.313. The van der Waals surface area contributed by atoms with Crippen LogP contribution in [0.5, 0.6) is 5.75 Å². The number of rotatable bonds is 3. The van der Waals surface area contributed by atoms with Crippen LogP contribution in [-0.2, 0) is 6.42 Å². The van der Waals surface area contributed by atoms with Crippen molar-refractivity contribution in [2.75, 3.05) is 38.1 Å². The first-order valence-electron chi connectivity index (χ1n) is 10.4. The number of phenolic OH excluding ortho intramolecular Hbond substituents is 1. The second kappa shape index (κ2) is 7.78. The van der Waals surface area contributed by atoms with Crippen LogP contribution in [0.1, 0.15) is 11.3 Å². The quantitative estimate of drug-likeness (QED) is 0.667. The van der Waals surface area contributed by atoms with Crippen LogP contribution >= 0.6 is 0 Å². The molecule has 2 aliphatic rings. The van der Waals surface area contributed by atoms with Gasteiger partial charge in [0.25, 0.3) is 0 Å². The highest BCUT2D eigenvalue weighted by Crippen LogP contribution is 2.40. The minimum Gasteiger partial charge on any atom is -0.503 e. The fourth-order valence-electron chi connectivity index (χ4n) is 4.35. The van der Waals surface area contributed by atoms with Crippen molar-refractivity contribution in [3.8, 4) is 28.0 Å². The van der Waals surface area contributed by atoms with Crippen molar-refractivity contribution < 1.29 is 13.9 Å². The third-order valence-electron chi connectivity index (χ3n) is 6.15. The summed E-state index contributed by atoms with van der Waals surface area (Å²) in [6.45, 7) is 4.04. The van der Waals surface area contributed by atoms with E-state index in [2.05, 4.69) is 46.1 Å². The molecule has 0 atom stereocenters. The summed E-state index contributed by atoms with van der Waals surface area (Å²) >= 11 is 0. The molecule has 0 unspecified atom stereocenters. The highest BCUT2D eigenvalue weighted by Gasteiger charge is 2.21. The van der Waals surface area contributed by atoms with Gasteiger partial charge in [-0.05, 0) is 42.4 Å². The molecule has 0 bridgehead atoms. The molecule has 0 radical (unpaired) electrons. The lowest BCUT2D eigenvalue weighted by Gasteiger charge is -2.34. The minimum absolute atomic E-state index is 0.349. The van der Waals surface area contributed by atoms with E-state index in [0.29, 0.717) is 11.1 Å². The highest BCUT2D eigenvalue weighted by molar-refractivity contribution is 5.91. The number of phenols is 1. The van der Waals surface area contributed by atoms with E-state index in [1.54, 1.807) is 6.20 Å². The maximum absolute atomic E-state index is 14.1. The molecule has 0 spiro atoms. The first kappa shape index (κ1) is 19.7. The fraction of sp³-hybridized carbons (Fsp3) is 0.240. The van der Waals surface area contributed by atoms with Crippen LogP contribution in [0.15, 0.2) is 48.7 Å². The van der Waals surface area contributed by atoms with Gasteiger partial charge in [0.2, 0.25) is 0 Å². The van der Waals surface area contributed by atoms with E-state index in [0.717, 1.165) is 67.1 Å². The largest absolute Gasteiger partial charge is 0.503 e. The van der Waals surface area contributed by atoms with Gasteiger partial charge in [0.15, 0.2) is 17.4 Å². The topological polar surface area (TPSA) is 39.6 Å². The summed E-state index contributed by atoms with van der Waals surface area (Å²) in [5, 5.41) is 9.51. The third kappa shape index (κ3) is 3.57. The second-order valence-corrected chi connectivity index (χ2v) is 8.14. The monoisotopic (exact) mass is 419 g/mol. The first-order chi connectivity index (χ1) is 15.0. The van der Waals surface area contributed by atoms with Gasteiger partial charge < -0.3 is 14.9 Å². The fourth-order valence-corrected chi connectivity index (χ4v) is 4.35. The van der Waals surface area contributed by atoms with Crippen LogP contribution in [0.2, 0.25) is 0 Å². The molecule has 1 N–H and O–H groups in total. The lowest BCUT2D eigenvalue weighted by Crippen LogP contribution is -2.44. The van der Waals surface area contributed by atoms with Gasteiger partial charge in [-0.1, -0.05) is 24.3 Å². The maximum Gasteiger partial charge on any atom is 0.187 e. The molecule has 2 heterocycles. The number of nitrogens with zero attached hydrogens (tertiary/aromatic N) is 3. The van der Waals surface area contributed by atoms with Gasteiger partial charge in [0.1, 0.15) is 0 Å². The van der Waals surface area contributed by atoms with Crippen molar-refractivity contribution in [3.05, 3.63) is 71.6 Å². The van der Waals surface area contributed by atoms with Gasteiger partial charge >= 0.3 is 0 Å². The Morgan fingerprint density at radius 2 is 1.61 bits per heavy atom. The molecule has 1 fully saturated rings. The standard InChI is InChI=1S/C25H23F2N3O/c1-29-9-11-30(12-10-29)18-7-5-16(6-8-18)24-19-3-2-4-23(19)28-15-20(24)17-13-21(26)25(31)22(27)14-17/h2-3,5-8,13-15,31H,4,9-12H2,1H3. The predicted molar refractivity (Wildman–Crippen MR) is 119 cm³/mol. The van der Waals surface area contributed by atoms with E-state index in [1.165, 1.54) is 5.69 Å². The first-order valence-corrected chi connectivity index (χ1v) is 10.4. The highest BCUT2D eigenvalue weighted by atomic mass is 19.1. The van der Waals surface area contributed by atoms with Gasteiger partial charge in [-0.3, -0.25) is 4.98 Å². The Hall–Kier alpha value is -3.25. The van der Waals surface area contributed by atoms with Gasteiger partial charge in [0.05, 0.1) is 5.69 Å². The van der Waals surface area contributed by atoms with E-state index in [1.807, 2.05) is 12.2 Å². The summed E-state index contributed by atoms with van der Waals surface area (Å²) in [6.07, 6.45) is 6.46. The zero-order valence-corrected chi connectivity index (χ0v) is 17.3. The molecule has 2 aromatic carbocycles. The van der Waals surface area contributed by atoms with Crippen molar-refractivity contribution >= 4 is 11.8 Å². The van der Waals surface area contributed by atoms with Crippen molar-refractivity contribution in [1.29, 1.82) is 0 Å². The Labute approximate surface area is 180 Å². The van der Waals surface area contributed by atoms with Gasteiger partial charge in [0, 0.05) is 61.2 Å². The number of benzene rings is 2. The number of halogens is 2. The third-order valence-corrected chi connectivity index (χ3v) is 6.15. The number of anilines is 1. The molecule has 1 aliphatic heterocycles. The number of pyridine rings is 1. The number of piperazine rings is 1. The van der Waals surface area contributed by atoms with E-state index >= 15 is 0 Å². The normalized spacial score (nSPS) is 16.0. The Bertz CT molecular complexity index is 1140. The summed E-state index contributed by atoms with van der Waals surface area (Å²) in [5.41, 5.74) is 5.93. The van der Waals surface area contributed by atoms with Crippen LogP contribution in [-0.4, -0.2) is 48.2 Å². The van der Waals surface area contributed by atoms with Crippen molar-refractivity contribution in [3.63, 3.8) is 0 Å². The Balaban J connectivity index is 1.59. The SMILES string of the molecule is CN1CCN(c2ccc(-c3c(-c4cc(F)c(O)c(F)c4)cnc4c3C=CC4)cc2)CC1. The van der Waals surface area contributed by atoms with Crippen LogP contribution in [0.4, 0.5) is 14.5 Å². The molecule has 0 amide bonds. The molecule has 3 aromatic rings. The van der Waals surface area contributed by atoms with Crippen LogP contribution < -0.4 is 4.90 Å². The van der Waals surface area contributed by atoms with E-state index in [-0.39, 0.29) is 0 Å². The molecule has 5 rings (SSSR count). The number of aromatic hydroxyl groups is 1. The van der Waals surface area contributed by atoms with E-state index in [4.69, 9.17) is 0 Å². The second-order valence-electron chi connectivity index (χ2n) is 8.14. The van der Waals surface area contributed by atoms with Gasteiger partial charge in [-0.15, -0.1) is 0 Å². The zero-order valence-electron chi connectivity index (χ0n) is 17.3. The maximum atomic E-state index is 14.1. The number of hydrogen-bond donors (Lipinski definition) is 1. The summed E-state index contributed by atoms with van der Waals surface area (Å²) in [7, 11) is 2.13. The number of hydrogen-bond acceptors (Lipinski definition) is 4. The number of aromatic nitrogens is 1. The number of allylic oxidation sites excluding steroid dienone is 1. The van der Waals surface area contributed by atoms with Crippen LogP contribution in [0.3, 0.4) is 0 Å².